The normalized spacial score (nSPS) is 20.0. The molecule has 3 aromatic rings. The highest BCUT2D eigenvalue weighted by Gasteiger charge is 2.39. The van der Waals surface area contributed by atoms with Crippen molar-refractivity contribution in [3.8, 4) is 5.82 Å². The Morgan fingerprint density at radius 3 is 2.88 bits per heavy atom. The molecule has 4 rings (SSSR count). The van der Waals surface area contributed by atoms with E-state index in [1.54, 1.807) is 12.5 Å². The van der Waals surface area contributed by atoms with Crippen molar-refractivity contribution in [1.29, 1.82) is 0 Å². The van der Waals surface area contributed by atoms with Gasteiger partial charge in [-0.3, -0.25) is 9.36 Å². The van der Waals surface area contributed by atoms with Crippen LogP contribution in [0.2, 0.25) is 0 Å². The third-order valence-corrected chi connectivity index (χ3v) is 4.99. The minimum atomic E-state index is -0.445. The van der Waals surface area contributed by atoms with Gasteiger partial charge in [-0.05, 0) is 50.1 Å². The number of amides is 1. The molecule has 0 saturated carbocycles. The van der Waals surface area contributed by atoms with Crippen LogP contribution in [0.3, 0.4) is 0 Å². The van der Waals surface area contributed by atoms with E-state index < -0.39 is 5.54 Å². The number of carbonyl (C=O) groups excluding carboxylic acids is 1. The van der Waals surface area contributed by atoms with Crippen molar-refractivity contribution in [3.63, 3.8) is 0 Å². The largest absolute Gasteiger partial charge is 0.323 e. The summed E-state index contributed by atoms with van der Waals surface area (Å²) < 4.78 is 1.94. The number of hydrogen-bond donors (Lipinski definition) is 2. The third-order valence-electron chi connectivity index (χ3n) is 4.99. The fourth-order valence-electron chi connectivity index (χ4n) is 3.46. The number of nitrogens with zero attached hydrogens (tertiary/aromatic N) is 3. The van der Waals surface area contributed by atoms with Gasteiger partial charge in [-0.15, -0.1) is 0 Å². The van der Waals surface area contributed by atoms with Gasteiger partial charge in [0.25, 0.3) is 0 Å². The zero-order chi connectivity index (χ0) is 17.3. The maximum absolute atomic E-state index is 12.6. The average Bonchev–Trinajstić information content (AvgIpc) is 3.30. The fourth-order valence-corrected chi connectivity index (χ4v) is 3.46. The predicted molar refractivity (Wildman–Crippen MR) is 97.8 cm³/mol. The number of nitrogens with one attached hydrogen (secondary N) is 2. The lowest BCUT2D eigenvalue weighted by Gasteiger charge is -2.26. The lowest BCUT2D eigenvalue weighted by molar-refractivity contribution is -0.122. The van der Waals surface area contributed by atoms with Crippen LogP contribution in [0.15, 0.2) is 48.9 Å². The molecule has 0 radical (unpaired) electrons. The van der Waals surface area contributed by atoms with Crippen LogP contribution in [0.5, 0.6) is 0 Å². The Labute approximate surface area is 146 Å². The number of hydrogen-bond acceptors (Lipinski definition) is 4. The summed E-state index contributed by atoms with van der Waals surface area (Å²) in [5.74, 6) is 0.797. The maximum atomic E-state index is 12.6. The van der Waals surface area contributed by atoms with Crippen LogP contribution in [-0.2, 0) is 4.79 Å². The van der Waals surface area contributed by atoms with Gasteiger partial charge < -0.3 is 10.6 Å². The maximum Gasteiger partial charge on any atom is 0.244 e. The molecular formula is C19H21N5O. The van der Waals surface area contributed by atoms with E-state index in [9.17, 15) is 4.79 Å². The molecular weight excluding hydrogens is 314 g/mol. The highest BCUT2D eigenvalue weighted by Crippen LogP contribution is 2.25. The van der Waals surface area contributed by atoms with E-state index in [1.165, 1.54) is 0 Å². The first kappa shape index (κ1) is 15.8. The molecule has 128 valence electrons. The number of carbonyl (C=O) groups is 1. The van der Waals surface area contributed by atoms with Crippen molar-refractivity contribution in [2.75, 3.05) is 11.9 Å². The summed E-state index contributed by atoms with van der Waals surface area (Å²) in [6, 6.07) is 11.7. The Kier molecular flexibility index (Phi) is 3.97. The topological polar surface area (TPSA) is 71.8 Å². The quantitative estimate of drug-likeness (QED) is 0.769. The van der Waals surface area contributed by atoms with E-state index in [4.69, 9.17) is 0 Å². The first-order valence-corrected chi connectivity index (χ1v) is 8.67. The second kappa shape index (κ2) is 6.29. The molecule has 1 saturated heterocycles. The second-order valence-corrected chi connectivity index (χ2v) is 6.43. The van der Waals surface area contributed by atoms with E-state index in [2.05, 4.69) is 20.6 Å². The smallest absolute Gasteiger partial charge is 0.244 e. The highest BCUT2D eigenvalue weighted by molar-refractivity contribution is 5.98. The van der Waals surface area contributed by atoms with E-state index in [-0.39, 0.29) is 5.91 Å². The van der Waals surface area contributed by atoms with Crippen LogP contribution in [0, 0.1) is 0 Å². The van der Waals surface area contributed by atoms with E-state index in [0.29, 0.717) is 5.69 Å². The summed E-state index contributed by atoms with van der Waals surface area (Å²) in [6.45, 7) is 2.94. The first-order chi connectivity index (χ1) is 12.2. The molecule has 25 heavy (non-hydrogen) atoms. The molecule has 1 aromatic carbocycles. The van der Waals surface area contributed by atoms with E-state index in [1.807, 2.05) is 47.9 Å². The molecule has 3 heterocycles. The van der Waals surface area contributed by atoms with Crippen molar-refractivity contribution in [2.24, 2.45) is 0 Å². The van der Waals surface area contributed by atoms with Crippen LogP contribution < -0.4 is 10.6 Å². The SMILES string of the molecule is CCC1(C(=O)Nc2ccc(-n3cnc4ccccc43)nc2)CCCN1. The number of para-hydroxylation sites is 2. The molecule has 1 aliphatic rings. The van der Waals surface area contributed by atoms with E-state index >= 15 is 0 Å². The number of rotatable bonds is 4. The third kappa shape index (κ3) is 2.78. The van der Waals surface area contributed by atoms with Crippen molar-refractivity contribution >= 4 is 22.6 Å². The molecule has 6 heteroatoms. The standard InChI is InChI=1S/C19H21N5O/c1-2-19(10-5-11-22-19)18(25)23-14-8-9-17(20-12-14)24-13-21-15-6-3-4-7-16(15)24/h3-4,6-9,12-13,22H,2,5,10-11H2,1H3,(H,23,25). The Hall–Kier alpha value is -2.73. The first-order valence-electron chi connectivity index (χ1n) is 8.67. The minimum absolute atomic E-state index is 0.0233. The van der Waals surface area contributed by atoms with Crippen molar-refractivity contribution in [3.05, 3.63) is 48.9 Å². The molecule has 1 fully saturated rings. The Morgan fingerprint density at radius 1 is 1.28 bits per heavy atom. The van der Waals surface area contributed by atoms with Crippen molar-refractivity contribution < 1.29 is 4.79 Å². The molecule has 1 unspecified atom stereocenters. The number of pyridine rings is 1. The van der Waals surface area contributed by atoms with Crippen molar-refractivity contribution in [2.45, 2.75) is 31.7 Å². The molecule has 2 N–H and O–H groups in total. The molecule has 2 aromatic heterocycles. The summed E-state index contributed by atoms with van der Waals surface area (Å²) in [5, 5.41) is 6.35. The van der Waals surface area contributed by atoms with Gasteiger partial charge in [0, 0.05) is 0 Å². The zero-order valence-electron chi connectivity index (χ0n) is 14.2. The number of anilines is 1. The van der Waals surface area contributed by atoms with Crippen LogP contribution in [0.4, 0.5) is 5.69 Å². The van der Waals surface area contributed by atoms with Gasteiger partial charge in [0.15, 0.2) is 0 Å². The molecule has 0 bridgehead atoms. The highest BCUT2D eigenvalue weighted by atomic mass is 16.2. The summed E-state index contributed by atoms with van der Waals surface area (Å²) >= 11 is 0. The van der Waals surface area contributed by atoms with E-state index in [0.717, 1.165) is 42.7 Å². The van der Waals surface area contributed by atoms with Crippen molar-refractivity contribution in [1.82, 2.24) is 19.9 Å². The van der Waals surface area contributed by atoms with Gasteiger partial charge in [-0.25, -0.2) is 9.97 Å². The fraction of sp³-hybridized carbons (Fsp3) is 0.316. The predicted octanol–water partition coefficient (Wildman–Crippen LogP) is 2.89. The zero-order valence-corrected chi connectivity index (χ0v) is 14.2. The van der Waals surface area contributed by atoms with Gasteiger partial charge in [0.05, 0.1) is 28.5 Å². The summed E-state index contributed by atoms with van der Waals surface area (Å²) in [7, 11) is 0. The summed E-state index contributed by atoms with van der Waals surface area (Å²) in [5.41, 5.74) is 2.20. The van der Waals surface area contributed by atoms with Gasteiger partial charge in [-0.1, -0.05) is 19.1 Å². The number of aromatic nitrogens is 3. The van der Waals surface area contributed by atoms with Crippen LogP contribution in [0.1, 0.15) is 26.2 Å². The van der Waals surface area contributed by atoms with Gasteiger partial charge >= 0.3 is 0 Å². The molecule has 1 atom stereocenters. The van der Waals surface area contributed by atoms with Gasteiger partial charge in [0.2, 0.25) is 5.91 Å². The molecule has 1 amide bonds. The average molecular weight is 335 g/mol. The summed E-state index contributed by atoms with van der Waals surface area (Å²) in [6.07, 6.45) is 6.15. The Morgan fingerprint density at radius 2 is 2.16 bits per heavy atom. The van der Waals surface area contributed by atoms with Crippen LogP contribution >= 0.6 is 0 Å². The number of imidazole rings is 1. The van der Waals surface area contributed by atoms with Gasteiger partial charge in [0.1, 0.15) is 12.1 Å². The molecule has 0 aliphatic carbocycles. The lowest BCUT2D eigenvalue weighted by Crippen LogP contribution is -2.50. The molecule has 0 spiro atoms. The number of fused-ring (bicyclic) bond motifs is 1. The van der Waals surface area contributed by atoms with Gasteiger partial charge in [-0.2, -0.15) is 0 Å². The monoisotopic (exact) mass is 335 g/mol. The Balaban J connectivity index is 1.55. The minimum Gasteiger partial charge on any atom is -0.323 e. The number of benzene rings is 1. The molecule has 6 nitrogen and oxygen atoms in total. The lowest BCUT2D eigenvalue weighted by atomic mass is 9.93. The summed E-state index contributed by atoms with van der Waals surface area (Å²) in [4.78, 5) is 21.5. The molecule has 1 aliphatic heterocycles. The van der Waals surface area contributed by atoms with Crippen LogP contribution in [-0.4, -0.2) is 32.5 Å². The van der Waals surface area contributed by atoms with Crippen LogP contribution in [0.25, 0.3) is 16.9 Å². The Bertz CT molecular complexity index is 894. The second-order valence-electron chi connectivity index (χ2n) is 6.43.